The lowest BCUT2D eigenvalue weighted by atomic mass is 10.0. The largest absolute Gasteiger partial charge is 0.297 e. The maximum Gasteiger partial charge on any atom is 0.244 e. The van der Waals surface area contributed by atoms with Crippen LogP contribution >= 0.6 is 11.6 Å². The van der Waals surface area contributed by atoms with E-state index in [0.717, 1.165) is 5.56 Å². The number of carbonyl (C=O) groups excluding carboxylic acids is 1. The third kappa shape index (κ3) is 3.04. The van der Waals surface area contributed by atoms with Gasteiger partial charge in [0.1, 0.15) is 6.04 Å². The van der Waals surface area contributed by atoms with Crippen LogP contribution in [-0.2, 0) is 14.8 Å². The first-order chi connectivity index (χ1) is 10.9. The van der Waals surface area contributed by atoms with E-state index >= 15 is 0 Å². The number of sulfonamides is 1. The van der Waals surface area contributed by atoms with Gasteiger partial charge in [0.25, 0.3) is 0 Å². The van der Waals surface area contributed by atoms with Crippen LogP contribution in [0.1, 0.15) is 23.6 Å². The van der Waals surface area contributed by atoms with Crippen LogP contribution in [0.25, 0.3) is 0 Å². The monoisotopic (exact) mass is 349 g/mol. The fourth-order valence-electron chi connectivity index (χ4n) is 2.75. The molecule has 1 atom stereocenters. The van der Waals surface area contributed by atoms with E-state index in [-0.39, 0.29) is 23.6 Å². The van der Waals surface area contributed by atoms with Gasteiger partial charge in [0, 0.05) is 18.0 Å². The molecule has 0 unspecified atom stereocenters. The highest BCUT2D eigenvalue weighted by Crippen LogP contribution is 2.34. The molecule has 0 aliphatic carbocycles. The van der Waals surface area contributed by atoms with Gasteiger partial charge in [-0.25, -0.2) is 8.42 Å². The van der Waals surface area contributed by atoms with Crippen LogP contribution in [0.4, 0.5) is 0 Å². The van der Waals surface area contributed by atoms with Gasteiger partial charge < -0.3 is 0 Å². The second kappa shape index (κ2) is 6.07. The first-order valence-electron chi connectivity index (χ1n) is 7.26. The highest BCUT2D eigenvalue weighted by molar-refractivity contribution is 7.89. The van der Waals surface area contributed by atoms with Crippen molar-refractivity contribution in [2.45, 2.75) is 24.3 Å². The quantitative estimate of drug-likeness (QED) is 0.853. The number of Topliss-reactive ketones (excluding diaryl/α,β-unsaturated/α-hetero) is 1. The Bertz CT molecular complexity index is 829. The lowest BCUT2D eigenvalue weighted by molar-refractivity contribution is -0.119. The number of halogens is 1. The normalized spacial score (nSPS) is 19.2. The standard InChI is InChI=1S/C17H16ClNO3S/c1-12-2-8-15(9-3-12)23(21,22)19-11-10-16(20)17(19)13-4-6-14(18)7-5-13/h2-9,17H,10-11H2,1H3/t17-/m0/s1. The number of hydrogen-bond donors (Lipinski definition) is 0. The van der Waals surface area contributed by atoms with Crippen molar-refractivity contribution in [3.8, 4) is 0 Å². The van der Waals surface area contributed by atoms with Crippen LogP contribution < -0.4 is 0 Å². The molecule has 6 heteroatoms. The SMILES string of the molecule is Cc1ccc(S(=O)(=O)N2CCC(=O)[C@@H]2c2ccc(Cl)cc2)cc1. The zero-order valence-electron chi connectivity index (χ0n) is 12.6. The van der Waals surface area contributed by atoms with Gasteiger partial charge in [-0.15, -0.1) is 0 Å². The highest BCUT2D eigenvalue weighted by Gasteiger charge is 2.41. The fraction of sp³-hybridized carbons (Fsp3) is 0.235. The molecule has 0 radical (unpaired) electrons. The second-order valence-corrected chi connectivity index (χ2v) is 7.93. The van der Waals surface area contributed by atoms with Crippen LogP contribution in [0.5, 0.6) is 0 Å². The van der Waals surface area contributed by atoms with Crippen LogP contribution in [0, 0.1) is 6.92 Å². The molecule has 0 bridgehead atoms. The summed E-state index contributed by atoms with van der Waals surface area (Å²) in [5.41, 5.74) is 1.63. The van der Waals surface area contributed by atoms with Crippen LogP contribution in [0.15, 0.2) is 53.4 Å². The molecule has 0 N–H and O–H groups in total. The summed E-state index contributed by atoms with van der Waals surface area (Å²) in [6.07, 6.45) is 0.221. The van der Waals surface area contributed by atoms with Crippen molar-refractivity contribution in [2.75, 3.05) is 6.54 Å². The Morgan fingerprint density at radius 3 is 2.26 bits per heavy atom. The summed E-state index contributed by atoms with van der Waals surface area (Å²) in [6.45, 7) is 2.09. The lowest BCUT2D eigenvalue weighted by Gasteiger charge is -2.23. The van der Waals surface area contributed by atoms with E-state index in [9.17, 15) is 13.2 Å². The highest BCUT2D eigenvalue weighted by atomic mass is 35.5. The zero-order valence-corrected chi connectivity index (χ0v) is 14.1. The number of hydrogen-bond acceptors (Lipinski definition) is 3. The van der Waals surface area contributed by atoms with E-state index in [0.29, 0.717) is 10.6 Å². The average Bonchev–Trinajstić information content (AvgIpc) is 2.91. The summed E-state index contributed by atoms with van der Waals surface area (Å²) in [7, 11) is -3.72. The number of carbonyl (C=O) groups is 1. The van der Waals surface area contributed by atoms with Crippen molar-refractivity contribution < 1.29 is 13.2 Å². The molecule has 1 heterocycles. The van der Waals surface area contributed by atoms with E-state index in [4.69, 9.17) is 11.6 Å². The number of nitrogens with zero attached hydrogens (tertiary/aromatic N) is 1. The van der Waals surface area contributed by atoms with Gasteiger partial charge in [0.15, 0.2) is 5.78 Å². The Hall–Kier alpha value is -1.69. The number of rotatable bonds is 3. The lowest BCUT2D eigenvalue weighted by Crippen LogP contribution is -2.32. The van der Waals surface area contributed by atoms with Gasteiger partial charge >= 0.3 is 0 Å². The third-order valence-electron chi connectivity index (χ3n) is 3.98. The van der Waals surface area contributed by atoms with Crippen molar-refractivity contribution in [3.63, 3.8) is 0 Å². The Labute approximate surface area is 140 Å². The predicted octanol–water partition coefficient (Wildman–Crippen LogP) is 3.35. The molecule has 23 heavy (non-hydrogen) atoms. The van der Waals surface area contributed by atoms with Gasteiger partial charge in [-0.05, 0) is 36.8 Å². The van der Waals surface area contributed by atoms with Crippen molar-refractivity contribution in [1.29, 1.82) is 0 Å². The van der Waals surface area contributed by atoms with Gasteiger partial charge in [-0.2, -0.15) is 4.31 Å². The summed E-state index contributed by atoms with van der Waals surface area (Å²) >= 11 is 5.87. The average molecular weight is 350 g/mol. The smallest absolute Gasteiger partial charge is 0.244 e. The van der Waals surface area contributed by atoms with Crippen LogP contribution in [0.2, 0.25) is 5.02 Å². The molecule has 0 spiro atoms. The van der Waals surface area contributed by atoms with Gasteiger partial charge in [-0.1, -0.05) is 41.4 Å². The second-order valence-electron chi connectivity index (χ2n) is 5.60. The van der Waals surface area contributed by atoms with E-state index < -0.39 is 16.1 Å². The molecule has 3 rings (SSSR count). The van der Waals surface area contributed by atoms with Crippen LogP contribution in [-0.4, -0.2) is 25.1 Å². The first-order valence-corrected chi connectivity index (χ1v) is 9.08. The Morgan fingerprint density at radius 2 is 1.65 bits per heavy atom. The fourth-order valence-corrected chi connectivity index (χ4v) is 4.47. The molecule has 2 aromatic rings. The molecule has 2 aromatic carbocycles. The maximum atomic E-state index is 12.9. The van der Waals surface area contributed by atoms with Gasteiger partial charge in [-0.3, -0.25) is 4.79 Å². The minimum atomic E-state index is -3.72. The molecule has 1 aliphatic rings. The zero-order chi connectivity index (χ0) is 16.6. The molecule has 1 fully saturated rings. The van der Waals surface area contributed by atoms with Crippen molar-refractivity contribution >= 4 is 27.4 Å². The Kier molecular flexibility index (Phi) is 4.27. The van der Waals surface area contributed by atoms with Crippen LogP contribution in [0.3, 0.4) is 0 Å². The summed E-state index contributed by atoms with van der Waals surface area (Å²) in [6, 6.07) is 12.6. The summed E-state index contributed by atoms with van der Waals surface area (Å²) < 4.78 is 27.1. The molecular formula is C17H16ClNO3S. The van der Waals surface area contributed by atoms with Crippen molar-refractivity contribution in [1.82, 2.24) is 4.31 Å². The van der Waals surface area contributed by atoms with Crippen molar-refractivity contribution in [3.05, 3.63) is 64.7 Å². The van der Waals surface area contributed by atoms with E-state index in [1.165, 1.54) is 4.31 Å². The predicted molar refractivity (Wildman–Crippen MR) is 88.9 cm³/mol. The summed E-state index contributed by atoms with van der Waals surface area (Å²) in [5.74, 6) is -0.0944. The molecule has 1 saturated heterocycles. The number of aryl methyl sites for hydroxylation is 1. The number of benzene rings is 2. The Morgan fingerprint density at radius 1 is 1.04 bits per heavy atom. The molecule has 4 nitrogen and oxygen atoms in total. The molecule has 120 valence electrons. The van der Waals surface area contributed by atoms with E-state index in [1.54, 1.807) is 48.5 Å². The minimum Gasteiger partial charge on any atom is -0.297 e. The topological polar surface area (TPSA) is 54.5 Å². The molecule has 1 aliphatic heterocycles. The van der Waals surface area contributed by atoms with E-state index in [1.807, 2.05) is 6.92 Å². The minimum absolute atomic E-state index is 0.0944. The molecular weight excluding hydrogens is 334 g/mol. The van der Waals surface area contributed by atoms with Gasteiger partial charge in [0.2, 0.25) is 10.0 Å². The summed E-state index contributed by atoms with van der Waals surface area (Å²) in [5, 5.41) is 0.548. The van der Waals surface area contributed by atoms with Gasteiger partial charge in [0.05, 0.1) is 4.90 Å². The molecule has 0 saturated carbocycles. The Balaban J connectivity index is 2.01. The maximum absolute atomic E-state index is 12.9. The van der Waals surface area contributed by atoms with Crippen molar-refractivity contribution in [2.24, 2.45) is 0 Å². The van der Waals surface area contributed by atoms with E-state index in [2.05, 4.69) is 0 Å². The first kappa shape index (κ1) is 16.2. The molecule has 0 amide bonds. The summed E-state index contributed by atoms with van der Waals surface area (Å²) in [4.78, 5) is 12.5. The molecule has 0 aromatic heterocycles. The number of ketones is 1. The third-order valence-corrected chi connectivity index (χ3v) is 6.12.